The minimum absolute atomic E-state index is 0.0576. The molecule has 0 saturated heterocycles. The lowest BCUT2D eigenvalue weighted by molar-refractivity contribution is -0.150. The van der Waals surface area contributed by atoms with Gasteiger partial charge in [-0.1, -0.05) is 11.1 Å². The summed E-state index contributed by atoms with van der Waals surface area (Å²) in [6, 6.07) is 0. The van der Waals surface area contributed by atoms with Crippen LogP contribution in [0.15, 0.2) is 24.3 Å². The van der Waals surface area contributed by atoms with E-state index in [0.717, 1.165) is 11.1 Å². The molecule has 4 nitrogen and oxygen atoms in total. The molecule has 0 aromatic rings. The van der Waals surface area contributed by atoms with Crippen molar-refractivity contribution in [3.63, 3.8) is 0 Å². The molecule has 0 atom stereocenters. The molecular weight excluding hydrogens is 232 g/mol. The molecule has 0 N–H and O–H groups in total. The van der Waals surface area contributed by atoms with Gasteiger partial charge in [0.2, 0.25) is 0 Å². The summed E-state index contributed by atoms with van der Waals surface area (Å²) in [6.07, 6.45) is 1.41. The van der Waals surface area contributed by atoms with Gasteiger partial charge >= 0.3 is 11.9 Å². The molecule has 0 aliphatic rings. The molecule has 0 heterocycles. The smallest absolute Gasteiger partial charge is 0.306 e. The zero-order valence-electron chi connectivity index (χ0n) is 11.3. The Balaban J connectivity index is 3.56. The lowest BCUT2D eigenvalue weighted by atomic mass is 10.2. The first kappa shape index (κ1) is 16.4. The van der Waals surface area contributed by atoms with Crippen LogP contribution in [0.2, 0.25) is 0 Å². The van der Waals surface area contributed by atoms with E-state index in [-0.39, 0.29) is 24.8 Å². The van der Waals surface area contributed by atoms with Crippen molar-refractivity contribution in [2.45, 2.75) is 39.5 Å². The van der Waals surface area contributed by atoms with Gasteiger partial charge in [-0.25, -0.2) is 0 Å². The summed E-state index contributed by atoms with van der Waals surface area (Å²) in [7, 11) is 0. The minimum Gasteiger partial charge on any atom is -0.465 e. The van der Waals surface area contributed by atoms with Crippen molar-refractivity contribution in [1.82, 2.24) is 0 Å². The third-order valence-electron chi connectivity index (χ3n) is 2.12. The summed E-state index contributed by atoms with van der Waals surface area (Å²) in [4.78, 5) is 22.5. The zero-order chi connectivity index (χ0) is 14.0. The minimum atomic E-state index is -0.381. The molecule has 0 amide bonds. The molecule has 4 heteroatoms. The van der Waals surface area contributed by atoms with Crippen LogP contribution in [-0.4, -0.2) is 25.2 Å². The average molecular weight is 254 g/mol. The van der Waals surface area contributed by atoms with Crippen LogP contribution < -0.4 is 0 Å². The monoisotopic (exact) mass is 254 g/mol. The van der Waals surface area contributed by atoms with E-state index in [2.05, 4.69) is 13.2 Å². The number of ether oxygens (including phenoxy) is 2. The van der Waals surface area contributed by atoms with Crippen molar-refractivity contribution in [2.24, 2.45) is 0 Å². The van der Waals surface area contributed by atoms with E-state index >= 15 is 0 Å². The number of rotatable bonds is 9. The van der Waals surface area contributed by atoms with Gasteiger partial charge in [0.25, 0.3) is 0 Å². The molecule has 0 bridgehead atoms. The second kappa shape index (κ2) is 9.45. The number of carbonyl (C=O) groups excluding carboxylic acids is 2. The van der Waals surface area contributed by atoms with Gasteiger partial charge in [-0.05, 0) is 13.8 Å². The Kier molecular flexibility index (Phi) is 8.62. The van der Waals surface area contributed by atoms with Gasteiger partial charge in [0.05, 0.1) is 26.1 Å². The Bertz CT molecular complexity index is 286. The Hall–Kier alpha value is -1.58. The molecule has 0 radical (unpaired) electrons. The Morgan fingerprint density at radius 2 is 1.11 bits per heavy atom. The summed E-state index contributed by atoms with van der Waals surface area (Å²) >= 11 is 0. The predicted octanol–water partition coefficient (Wildman–Crippen LogP) is 2.79. The molecule has 0 aromatic heterocycles. The number of carbonyl (C=O) groups is 2. The van der Waals surface area contributed by atoms with Crippen molar-refractivity contribution >= 4 is 11.9 Å². The fraction of sp³-hybridized carbons (Fsp3) is 0.571. The van der Waals surface area contributed by atoms with Crippen LogP contribution >= 0.6 is 0 Å². The third kappa shape index (κ3) is 10.9. The Morgan fingerprint density at radius 1 is 0.778 bits per heavy atom. The lowest BCUT2D eigenvalue weighted by Gasteiger charge is -2.05. The van der Waals surface area contributed by atoms with Crippen molar-refractivity contribution in [2.75, 3.05) is 13.2 Å². The molecule has 0 unspecified atom stereocenters. The first-order chi connectivity index (χ1) is 8.41. The molecule has 0 fully saturated rings. The Morgan fingerprint density at radius 3 is 1.39 bits per heavy atom. The first-order valence-electron chi connectivity index (χ1n) is 6.02. The maximum Gasteiger partial charge on any atom is 0.306 e. The van der Waals surface area contributed by atoms with Crippen molar-refractivity contribution in [3.8, 4) is 0 Å². The number of esters is 2. The second-order valence-corrected chi connectivity index (χ2v) is 4.36. The lowest BCUT2D eigenvalue weighted by Crippen LogP contribution is -2.11. The summed E-state index contributed by atoms with van der Waals surface area (Å²) in [6.45, 7) is 11.8. The highest BCUT2D eigenvalue weighted by Gasteiger charge is 2.08. The van der Waals surface area contributed by atoms with Crippen molar-refractivity contribution in [3.05, 3.63) is 24.3 Å². The van der Waals surface area contributed by atoms with Crippen LogP contribution in [0.4, 0.5) is 0 Å². The predicted molar refractivity (Wildman–Crippen MR) is 70.0 cm³/mol. The van der Waals surface area contributed by atoms with Crippen LogP contribution in [0, 0.1) is 0 Å². The van der Waals surface area contributed by atoms with Gasteiger partial charge in [0, 0.05) is 12.8 Å². The standard InChI is InChI=1S/C14H22O4/c1-11(2)7-9-17-13(15)5-6-14(16)18-10-8-12(3)4/h1,3,5-10H2,2,4H3. The molecule has 0 saturated carbocycles. The summed E-state index contributed by atoms with van der Waals surface area (Å²) in [5.74, 6) is -0.763. The maximum atomic E-state index is 11.2. The topological polar surface area (TPSA) is 52.6 Å². The quantitative estimate of drug-likeness (QED) is 0.469. The third-order valence-corrected chi connectivity index (χ3v) is 2.12. The highest BCUT2D eigenvalue weighted by molar-refractivity contribution is 5.77. The maximum absolute atomic E-state index is 11.2. The largest absolute Gasteiger partial charge is 0.465 e. The van der Waals surface area contributed by atoms with E-state index in [4.69, 9.17) is 9.47 Å². The summed E-state index contributed by atoms with van der Waals surface area (Å²) in [5.41, 5.74) is 1.92. The molecular formula is C14H22O4. The van der Waals surface area contributed by atoms with E-state index in [9.17, 15) is 9.59 Å². The molecule has 102 valence electrons. The molecule has 0 spiro atoms. The Labute approximate surface area is 109 Å². The number of hydrogen-bond acceptors (Lipinski definition) is 4. The van der Waals surface area contributed by atoms with E-state index < -0.39 is 0 Å². The highest BCUT2D eigenvalue weighted by Crippen LogP contribution is 2.01. The second-order valence-electron chi connectivity index (χ2n) is 4.36. The van der Waals surface area contributed by atoms with Crippen molar-refractivity contribution in [1.29, 1.82) is 0 Å². The molecule has 18 heavy (non-hydrogen) atoms. The van der Waals surface area contributed by atoms with Crippen LogP contribution in [0.3, 0.4) is 0 Å². The SMILES string of the molecule is C=C(C)CCOC(=O)CCC(=O)OCCC(=C)C. The molecule has 0 aliphatic carbocycles. The van der Waals surface area contributed by atoms with Crippen molar-refractivity contribution < 1.29 is 19.1 Å². The van der Waals surface area contributed by atoms with Crippen LogP contribution in [-0.2, 0) is 19.1 Å². The summed E-state index contributed by atoms with van der Waals surface area (Å²) < 4.78 is 9.85. The van der Waals surface area contributed by atoms with E-state index in [0.29, 0.717) is 26.1 Å². The van der Waals surface area contributed by atoms with Crippen LogP contribution in [0.25, 0.3) is 0 Å². The van der Waals surface area contributed by atoms with Gasteiger partial charge in [-0.3, -0.25) is 9.59 Å². The number of hydrogen-bond donors (Lipinski definition) is 0. The highest BCUT2D eigenvalue weighted by atomic mass is 16.5. The van der Waals surface area contributed by atoms with E-state index in [1.54, 1.807) is 0 Å². The molecule has 0 aliphatic heterocycles. The fourth-order valence-electron chi connectivity index (χ4n) is 1.03. The van der Waals surface area contributed by atoms with Gasteiger partial charge in [-0.15, -0.1) is 13.2 Å². The van der Waals surface area contributed by atoms with Gasteiger partial charge in [0.1, 0.15) is 0 Å². The normalized spacial score (nSPS) is 9.67. The van der Waals surface area contributed by atoms with Gasteiger partial charge in [0.15, 0.2) is 0 Å². The van der Waals surface area contributed by atoms with Crippen LogP contribution in [0.5, 0.6) is 0 Å². The molecule has 0 aromatic carbocycles. The van der Waals surface area contributed by atoms with E-state index in [1.807, 2.05) is 13.8 Å². The first-order valence-corrected chi connectivity index (χ1v) is 6.02. The fourth-order valence-corrected chi connectivity index (χ4v) is 1.03. The van der Waals surface area contributed by atoms with Gasteiger partial charge in [-0.2, -0.15) is 0 Å². The zero-order valence-corrected chi connectivity index (χ0v) is 11.3. The average Bonchev–Trinajstić information content (AvgIpc) is 2.25. The van der Waals surface area contributed by atoms with Gasteiger partial charge < -0.3 is 9.47 Å². The van der Waals surface area contributed by atoms with E-state index in [1.165, 1.54) is 0 Å². The molecule has 0 rings (SSSR count). The summed E-state index contributed by atoms with van der Waals surface area (Å²) in [5, 5.41) is 0. The van der Waals surface area contributed by atoms with Crippen LogP contribution in [0.1, 0.15) is 39.5 Å².